The molecule has 2 aliphatic heterocycles. The Balaban J connectivity index is 1.01. The molecule has 0 aliphatic carbocycles. The third-order valence-electron chi connectivity index (χ3n) is 10.8. The molecule has 282 valence electrons. The van der Waals surface area contributed by atoms with Gasteiger partial charge in [-0.1, -0.05) is 54.6 Å². The molecule has 0 bridgehead atoms. The van der Waals surface area contributed by atoms with Crippen molar-refractivity contribution in [1.29, 1.82) is 0 Å². The van der Waals surface area contributed by atoms with Gasteiger partial charge in [0.15, 0.2) is 22.8 Å². The summed E-state index contributed by atoms with van der Waals surface area (Å²) in [6.07, 6.45) is 7.78. The van der Waals surface area contributed by atoms with Gasteiger partial charge in [-0.3, -0.25) is 19.2 Å². The molecule has 0 spiro atoms. The molecule has 0 saturated carbocycles. The average Bonchev–Trinajstić information content (AvgIpc) is 3.68. The molecule has 59 heavy (non-hydrogen) atoms. The van der Waals surface area contributed by atoms with Gasteiger partial charge in [-0.05, 0) is 130 Å². The van der Waals surface area contributed by atoms with Crippen molar-refractivity contribution in [2.24, 2.45) is 0 Å². The maximum atomic E-state index is 13.2. The van der Waals surface area contributed by atoms with E-state index in [-0.39, 0.29) is 22.8 Å². The number of aryl methyl sites for hydroxylation is 1. The van der Waals surface area contributed by atoms with Gasteiger partial charge in [0.2, 0.25) is 0 Å². The number of hydrogen-bond donors (Lipinski definition) is 0. The van der Waals surface area contributed by atoms with Crippen molar-refractivity contribution in [3.63, 3.8) is 0 Å². The van der Waals surface area contributed by atoms with E-state index >= 15 is 0 Å². The predicted molar refractivity (Wildman–Crippen MR) is 227 cm³/mol. The van der Waals surface area contributed by atoms with Gasteiger partial charge in [0.05, 0.1) is 11.4 Å². The summed E-state index contributed by atoms with van der Waals surface area (Å²) in [5.41, 5.74) is 7.73. The fourth-order valence-electron chi connectivity index (χ4n) is 7.79. The zero-order chi connectivity index (χ0) is 40.4. The summed E-state index contributed by atoms with van der Waals surface area (Å²) in [5.74, 6) is -2.15. The zero-order valence-electron chi connectivity index (χ0n) is 31.7. The molecule has 0 saturated heterocycles. The van der Waals surface area contributed by atoms with E-state index < -0.39 is 23.6 Å². The number of imide groups is 2. The van der Waals surface area contributed by atoms with E-state index in [0.717, 1.165) is 48.8 Å². The van der Waals surface area contributed by atoms with Gasteiger partial charge in [-0.15, -0.1) is 0 Å². The van der Waals surface area contributed by atoms with Crippen LogP contribution in [0.1, 0.15) is 65.6 Å². The molecular weight excluding hydrogens is 739 g/mol. The minimum Gasteiger partial charge on any atom is -0.310 e. The van der Waals surface area contributed by atoms with Gasteiger partial charge in [-0.2, -0.15) is 0 Å². The minimum absolute atomic E-state index is 0.0155. The molecule has 4 heterocycles. The predicted octanol–water partition coefficient (Wildman–Crippen LogP) is 9.51. The number of carbonyl (C=O) groups is 4. The highest BCUT2D eigenvalue weighted by atomic mass is 16.2. The van der Waals surface area contributed by atoms with Crippen molar-refractivity contribution < 1.29 is 19.2 Å². The lowest BCUT2D eigenvalue weighted by Crippen LogP contribution is -2.29. The van der Waals surface area contributed by atoms with Crippen LogP contribution in [0.2, 0.25) is 0 Å². The third kappa shape index (κ3) is 5.91. The van der Waals surface area contributed by atoms with Crippen molar-refractivity contribution in [2.75, 3.05) is 14.7 Å². The molecule has 8 aromatic rings. The van der Waals surface area contributed by atoms with E-state index in [1.54, 1.807) is 24.3 Å². The van der Waals surface area contributed by atoms with E-state index in [1.807, 2.05) is 35.2 Å². The van der Waals surface area contributed by atoms with Crippen LogP contribution in [0.15, 0.2) is 146 Å². The topological polar surface area (TPSA) is 130 Å². The highest BCUT2D eigenvalue weighted by Gasteiger charge is 2.40. The molecule has 11 heteroatoms. The second-order valence-electron chi connectivity index (χ2n) is 14.4. The standard InChI is InChI=1S/C48H31N7O4/c1-28(24-35-26-32-6-4-3-5-31(32)23-29(35)2)30-7-8-34-27-40(10-9-33(34)25-30)53(36-11-15-38(16-12-36)54-45(56)41-42(46(54)57)50-20-19-49-41)37-13-17-39(18-14-37)55-47(58)43-44(48(55)59)52-22-21-51-43/h3-27H,1-2H3/b28-24+. The molecule has 2 aliphatic rings. The van der Waals surface area contributed by atoms with Crippen molar-refractivity contribution in [3.05, 3.63) is 186 Å². The van der Waals surface area contributed by atoms with Gasteiger partial charge >= 0.3 is 0 Å². The van der Waals surface area contributed by atoms with Crippen molar-refractivity contribution >= 4 is 85.3 Å². The maximum absolute atomic E-state index is 13.2. The van der Waals surface area contributed by atoms with Gasteiger partial charge in [-0.25, -0.2) is 29.7 Å². The zero-order valence-corrected chi connectivity index (χ0v) is 31.7. The SMILES string of the molecule is C/C(=C\c1cc2ccccc2cc1C)c1ccc2cc(N(c3ccc(N4C(=O)c5nccnc5C4=O)cc3)c3ccc(N4C(=O)c5nccnc5C4=O)cc3)ccc2c1. The number of nitrogens with zero attached hydrogens (tertiary/aromatic N) is 7. The van der Waals surface area contributed by atoms with Crippen LogP contribution in [-0.2, 0) is 0 Å². The molecule has 11 nitrogen and oxygen atoms in total. The number of anilines is 5. The fraction of sp³-hybridized carbons (Fsp3) is 0.0417. The Morgan fingerprint density at radius 1 is 0.492 bits per heavy atom. The van der Waals surface area contributed by atoms with Crippen LogP contribution in [0.5, 0.6) is 0 Å². The Labute approximate surface area is 337 Å². The van der Waals surface area contributed by atoms with Crippen LogP contribution in [0.25, 0.3) is 33.2 Å². The van der Waals surface area contributed by atoms with Crippen LogP contribution in [0, 0.1) is 6.92 Å². The average molecular weight is 770 g/mol. The number of aromatic nitrogens is 4. The van der Waals surface area contributed by atoms with E-state index in [0.29, 0.717) is 11.4 Å². The van der Waals surface area contributed by atoms with E-state index in [4.69, 9.17) is 0 Å². The summed E-state index contributed by atoms with van der Waals surface area (Å²) in [4.78, 5) is 73.3. The minimum atomic E-state index is -0.539. The summed E-state index contributed by atoms with van der Waals surface area (Å²) in [6.45, 7) is 4.27. The number of hydrogen-bond acceptors (Lipinski definition) is 9. The maximum Gasteiger partial charge on any atom is 0.286 e. The first-order valence-electron chi connectivity index (χ1n) is 18.9. The van der Waals surface area contributed by atoms with Crippen molar-refractivity contribution in [2.45, 2.75) is 13.8 Å². The van der Waals surface area contributed by atoms with E-state index in [2.05, 4.69) is 107 Å². The highest BCUT2D eigenvalue weighted by Crippen LogP contribution is 2.39. The molecule has 0 atom stereocenters. The third-order valence-corrected chi connectivity index (χ3v) is 10.8. The number of amides is 4. The molecule has 0 N–H and O–H groups in total. The normalized spacial score (nSPS) is 13.8. The van der Waals surface area contributed by atoms with Crippen molar-refractivity contribution in [3.8, 4) is 0 Å². The summed E-state index contributed by atoms with van der Waals surface area (Å²) < 4.78 is 0. The quantitative estimate of drug-likeness (QED) is 0.115. The first-order chi connectivity index (χ1) is 28.7. The fourth-order valence-corrected chi connectivity index (χ4v) is 7.79. The highest BCUT2D eigenvalue weighted by molar-refractivity contribution is 6.33. The van der Waals surface area contributed by atoms with Crippen LogP contribution in [-0.4, -0.2) is 43.6 Å². The largest absolute Gasteiger partial charge is 0.310 e. The first kappa shape index (κ1) is 35.2. The summed E-state index contributed by atoms with van der Waals surface area (Å²) in [5, 5.41) is 4.49. The molecule has 6 aromatic carbocycles. The van der Waals surface area contributed by atoms with Crippen LogP contribution in [0.4, 0.5) is 28.4 Å². The summed E-state index contributed by atoms with van der Waals surface area (Å²) in [7, 11) is 0. The smallest absolute Gasteiger partial charge is 0.286 e. The Morgan fingerprint density at radius 2 is 0.915 bits per heavy atom. The summed E-state index contributed by atoms with van der Waals surface area (Å²) >= 11 is 0. The Bertz CT molecular complexity index is 2940. The number of fused-ring (bicyclic) bond motifs is 4. The Hall–Kier alpha value is -8.18. The molecule has 4 amide bonds. The van der Waals surface area contributed by atoms with Crippen LogP contribution < -0.4 is 14.7 Å². The van der Waals surface area contributed by atoms with Crippen LogP contribution >= 0.6 is 0 Å². The van der Waals surface area contributed by atoms with Gasteiger partial charge in [0, 0.05) is 41.8 Å². The van der Waals surface area contributed by atoms with Gasteiger partial charge in [0.1, 0.15) is 0 Å². The lowest BCUT2D eigenvalue weighted by molar-refractivity contribution is 0.0907. The number of allylic oxidation sites excluding steroid dienone is 1. The number of carbonyl (C=O) groups excluding carboxylic acids is 4. The first-order valence-corrected chi connectivity index (χ1v) is 18.9. The summed E-state index contributed by atoms with van der Waals surface area (Å²) in [6, 6.07) is 39.6. The molecular formula is C48H31N7O4. The molecule has 0 fully saturated rings. The van der Waals surface area contributed by atoms with Gasteiger partial charge in [0.25, 0.3) is 23.6 Å². The van der Waals surface area contributed by atoms with Crippen LogP contribution in [0.3, 0.4) is 0 Å². The Kier molecular flexibility index (Phi) is 8.23. The molecule has 0 unspecified atom stereocenters. The number of benzene rings is 6. The van der Waals surface area contributed by atoms with E-state index in [1.165, 1.54) is 46.7 Å². The Morgan fingerprint density at radius 3 is 1.42 bits per heavy atom. The number of rotatable bonds is 7. The lowest BCUT2D eigenvalue weighted by atomic mass is 9.97. The second-order valence-corrected chi connectivity index (χ2v) is 14.4. The second kappa shape index (κ2) is 13.8. The lowest BCUT2D eigenvalue weighted by Gasteiger charge is -2.27. The molecule has 10 rings (SSSR count). The van der Waals surface area contributed by atoms with Crippen molar-refractivity contribution in [1.82, 2.24) is 19.9 Å². The molecule has 0 radical (unpaired) electrons. The van der Waals surface area contributed by atoms with E-state index in [9.17, 15) is 19.2 Å². The monoisotopic (exact) mass is 769 g/mol. The van der Waals surface area contributed by atoms with Gasteiger partial charge < -0.3 is 4.90 Å². The molecule has 2 aromatic heterocycles.